The zero-order valence-electron chi connectivity index (χ0n) is 11.1. The number of benzene rings is 2. The van der Waals surface area contributed by atoms with Gasteiger partial charge in [-0.1, -0.05) is 42.0 Å². The summed E-state index contributed by atoms with van der Waals surface area (Å²) in [6.45, 7) is 4.16. The van der Waals surface area contributed by atoms with Gasteiger partial charge in [0.2, 0.25) is 0 Å². The van der Waals surface area contributed by atoms with Gasteiger partial charge in [-0.05, 0) is 31.5 Å². The molecule has 3 rings (SSSR count). The molecule has 0 spiro atoms. The molecule has 19 heavy (non-hydrogen) atoms. The van der Waals surface area contributed by atoms with Crippen LogP contribution < -0.4 is 5.73 Å². The van der Waals surface area contributed by atoms with Crippen LogP contribution in [-0.4, -0.2) is 4.98 Å². The predicted octanol–water partition coefficient (Wildman–Crippen LogP) is 4.10. The lowest BCUT2D eigenvalue weighted by atomic mass is 10.0. The van der Waals surface area contributed by atoms with Crippen LogP contribution in [0.3, 0.4) is 0 Å². The minimum Gasteiger partial charge on any atom is -0.398 e. The fraction of sp³-hybridized carbons (Fsp3) is 0.118. The van der Waals surface area contributed by atoms with Crippen molar-refractivity contribution in [3.05, 3.63) is 59.7 Å². The Morgan fingerprint density at radius 1 is 0.947 bits per heavy atom. The molecule has 0 saturated heterocycles. The van der Waals surface area contributed by atoms with Crippen molar-refractivity contribution in [1.29, 1.82) is 0 Å². The average Bonchev–Trinajstić information content (AvgIpc) is 2.41. The second kappa shape index (κ2) is 4.39. The van der Waals surface area contributed by atoms with Crippen LogP contribution in [0.25, 0.3) is 22.2 Å². The summed E-state index contributed by atoms with van der Waals surface area (Å²) >= 11 is 0. The maximum absolute atomic E-state index is 6.19. The zero-order chi connectivity index (χ0) is 13.4. The lowest BCUT2D eigenvalue weighted by molar-refractivity contribution is 1.34. The summed E-state index contributed by atoms with van der Waals surface area (Å²) in [5, 5.41) is 1.04. The molecule has 0 fully saturated rings. The molecule has 2 N–H and O–H groups in total. The number of aryl methyl sites for hydroxylation is 2. The topological polar surface area (TPSA) is 38.9 Å². The van der Waals surface area contributed by atoms with Gasteiger partial charge in [-0.2, -0.15) is 0 Å². The smallest absolute Gasteiger partial charge is 0.0759 e. The van der Waals surface area contributed by atoms with Crippen molar-refractivity contribution < 1.29 is 0 Å². The van der Waals surface area contributed by atoms with E-state index in [1.54, 1.807) is 0 Å². The van der Waals surface area contributed by atoms with Gasteiger partial charge in [0.25, 0.3) is 0 Å². The summed E-state index contributed by atoms with van der Waals surface area (Å²) in [4.78, 5) is 4.77. The second-order valence-corrected chi connectivity index (χ2v) is 4.94. The Balaban J connectivity index is 2.31. The molecule has 0 amide bonds. The Kier molecular flexibility index (Phi) is 2.71. The molecule has 1 aromatic heterocycles. The normalized spacial score (nSPS) is 10.8. The van der Waals surface area contributed by atoms with Crippen molar-refractivity contribution >= 4 is 16.6 Å². The summed E-state index contributed by atoms with van der Waals surface area (Å²) in [5.41, 5.74) is 12.4. The fourth-order valence-corrected chi connectivity index (χ4v) is 2.46. The quantitative estimate of drug-likeness (QED) is 0.704. The Labute approximate surface area is 112 Å². The SMILES string of the molecule is Cc1cc(C)c2nc(-c3ccccc3)cc(N)c2c1. The first kappa shape index (κ1) is 11.7. The van der Waals surface area contributed by atoms with Gasteiger partial charge in [0, 0.05) is 16.6 Å². The van der Waals surface area contributed by atoms with Gasteiger partial charge in [0.1, 0.15) is 0 Å². The highest BCUT2D eigenvalue weighted by atomic mass is 14.7. The first-order chi connectivity index (χ1) is 9.15. The van der Waals surface area contributed by atoms with E-state index in [4.69, 9.17) is 10.7 Å². The molecule has 0 unspecified atom stereocenters. The largest absolute Gasteiger partial charge is 0.398 e. The van der Waals surface area contributed by atoms with Crippen LogP contribution in [0.15, 0.2) is 48.5 Å². The third-order valence-electron chi connectivity index (χ3n) is 3.35. The molecule has 3 aromatic rings. The lowest BCUT2D eigenvalue weighted by Crippen LogP contribution is -1.95. The molecular formula is C17H16N2. The number of rotatable bonds is 1. The summed E-state index contributed by atoms with van der Waals surface area (Å²) < 4.78 is 0. The van der Waals surface area contributed by atoms with Gasteiger partial charge in [0.05, 0.1) is 11.2 Å². The van der Waals surface area contributed by atoms with E-state index >= 15 is 0 Å². The van der Waals surface area contributed by atoms with E-state index in [9.17, 15) is 0 Å². The van der Waals surface area contributed by atoms with E-state index in [1.807, 2.05) is 24.3 Å². The van der Waals surface area contributed by atoms with Crippen molar-refractivity contribution in [2.75, 3.05) is 5.73 Å². The van der Waals surface area contributed by atoms with Gasteiger partial charge in [-0.25, -0.2) is 4.98 Å². The van der Waals surface area contributed by atoms with Crippen LogP contribution >= 0.6 is 0 Å². The van der Waals surface area contributed by atoms with Crippen LogP contribution in [-0.2, 0) is 0 Å². The van der Waals surface area contributed by atoms with E-state index in [0.29, 0.717) is 0 Å². The summed E-state index contributed by atoms with van der Waals surface area (Å²) in [7, 11) is 0. The Morgan fingerprint density at radius 2 is 1.68 bits per heavy atom. The third-order valence-corrected chi connectivity index (χ3v) is 3.35. The molecule has 0 radical (unpaired) electrons. The first-order valence-electron chi connectivity index (χ1n) is 6.38. The van der Waals surface area contributed by atoms with Crippen molar-refractivity contribution in [2.24, 2.45) is 0 Å². The van der Waals surface area contributed by atoms with Gasteiger partial charge < -0.3 is 5.73 Å². The van der Waals surface area contributed by atoms with Gasteiger partial charge in [-0.15, -0.1) is 0 Å². The molecule has 2 heteroatoms. The zero-order valence-corrected chi connectivity index (χ0v) is 11.1. The highest BCUT2D eigenvalue weighted by Gasteiger charge is 2.07. The maximum atomic E-state index is 6.19. The molecule has 2 aromatic carbocycles. The number of pyridine rings is 1. The molecule has 0 atom stereocenters. The van der Waals surface area contributed by atoms with Crippen molar-refractivity contribution in [2.45, 2.75) is 13.8 Å². The molecule has 0 aliphatic heterocycles. The Hall–Kier alpha value is -2.35. The summed E-state index contributed by atoms with van der Waals surface area (Å²) in [6.07, 6.45) is 0. The standard InChI is InChI=1S/C17H16N2/c1-11-8-12(2)17-14(9-11)15(18)10-16(19-17)13-6-4-3-5-7-13/h3-10H,1-2H3,(H2,18,19). The number of nitrogens with zero attached hydrogens (tertiary/aromatic N) is 1. The van der Waals surface area contributed by atoms with E-state index in [-0.39, 0.29) is 0 Å². The van der Waals surface area contributed by atoms with Crippen LogP contribution in [0.2, 0.25) is 0 Å². The number of hydrogen-bond acceptors (Lipinski definition) is 2. The van der Waals surface area contributed by atoms with Crippen molar-refractivity contribution in [3.63, 3.8) is 0 Å². The van der Waals surface area contributed by atoms with E-state index in [1.165, 1.54) is 11.1 Å². The minimum atomic E-state index is 0.788. The second-order valence-electron chi connectivity index (χ2n) is 4.94. The number of aromatic nitrogens is 1. The summed E-state index contributed by atoms with van der Waals surface area (Å²) in [6, 6.07) is 16.3. The van der Waals surface area contributed by atoms with Crippen molar-refractivity contribution in [3.8, 4) is 11.3 Å². The Morgan fingerprint density at radius 3 is 2.42 bits per heavy atom. The number of nitrogens with two attached hydrogens (primary N) is 1. The van der Waals surface area contributed by atoms with Gasteiger partial charge >= 0.3 is 0 Å². The Bertz CT molecular complexity index is 746. The molecule has 2 nitrogen and oxygen atoms in total. The number of hydrogen-bond donors (Lipinski definition) is 1. The lowest BCUT2D eigenvalue weighted by Gasteiger charge is -2.09. The summed E-state index contributed by atoms with van der Waals surface area (Å²) in [5.74, 6) is 0. The van der Waals surface area contributed by atoms with Crippen LogP contribution in [0.1, 0.15) is 11.1 Å². The highest BCUT2D eigenvalue weighted by Crippen LogP contribution is 2.28. The average molecular weight is 248 g/mol. The number of fused-ring (bicyclic) bond motifs is 1. The van der Waals surface area contributed by atoms with E-state index in [0.717, 1.165) is 27.8 Å². The molecule has 0 aliphatic rings. The van der Waals surface area contributed by atoms with Crippen molar-refractivity contribution in [1.82, 2.24) is 4.98 Å². The first-order valence-corrected chi connectivity index (χ1v) is 6.38. The predicted molar refractivity (Wildman–Crippen MR) is 81.1 cm³/mol. The van der Waals surface area contributed by atoms with Crippen LogP contribution in [0.4, 0.5) is 5.69 Å². The molecule has 94 valence electrons. The minimum absolute atomic E-state index is 0.788. The monoisotopic (exact) mass is 248 g/mol. The van der Waals surface area contributed by atoms with Gasteiger partial charge in [-0.3, -0.25) is 0 Å². The third kappa shape index (κ3) is 2.06. The van der Waals surface area contributed by atoms with E-state index < -0.39 is 0 Å². The fourth-order valence-electron chi connectivity index (χ4n) is 2.46. The molecule has 0 saturated carbocycles. The molecular weight excluding hydrogens is 232 g/mol. The molecule has 0 aliphatic carbocycles. The number of nitrogen functional groups attached to an aromatic ring is 1. The van der Waals surface area contributed by atoms with E-state index in [2.05, 4.69) is 38.1 Å². The van der Waals surface area contributed by atoms with Gasteiger partial charge in [0.15, 0.2) is 0 Å². The molecule has 0 bridgehead atoms. The van der Waals surface area contributed by atoms with Crippen LogP contribution in [0.5, 0.6) is 0 Å². The maximum Gasteiger partial charge on any atom is 0.0759 e. The van der Waals surface area contributed by atoms with Crippen LogP contribution in [0, 0.1) is 13.8 Å². The number of anilines is 1. The highest BCUT2D eigenvalue weighted by molar-refractivity contribution is 5.94. The molecule has 1 heterocycles.